The molecule has 1 aromatic rings. The van der Waals surface area contributed by atoms with Crippen LogP contribution in [0, 0.1) is 0 Å². The Labute approximate surface area is 95.7 Å². The summed E-state index contributed by atoms with van der Waals surface area (Å²) in [7, 11) is 4.13. The number of aromatic nitrogens is 2. The SMILES string of the molecule is CNC1CCCC(Sc2nccn2C)C1. The van der Waals surface area contributed by atoms with Crippen molar-refractivity contribution < 1.29 is 0 Å². The van der Waals surface area contributed by atoms with Crippen molar-refractivity contribution in [3.63, 3.8) is 0 Å². The van der Waals surface area contributed by atoms with Crippen LogP contribution in [0.1, 0.15) is 25.7 Å². The van der Waals surface area contributed by atoms with Crippen LogP contribution < -0.4 is 5.32 Å². The van der Waals surface area contributed by atoms with E-state index in [1.165, 1.54) is 25.7 Å². The van der Waals surface area contributed by atoms with Crippen molar-refractivity contribution in [1.29, 1.82) is 0 Å². The minimum Gasteiger partial charge on any atom is -0.329 e. The molecule has 84 valence electrons. The summed E-state index contributed by atoms with van der Waals surface area (Å²) >= 11 is 1.93. The molecule has 1 aliphatic carbocycles. The third-order valence-corrected chi connectivity index (χ3v) is 4.45. The van der Waals surface area contributed by atoms with Crippen LogP contribution in [0.4, 0.5) is 0 Å². The predicted molar refractivity (Wildman–Crippen MR) is 64.2 cm³/mol. The average molecular weight is 225 g/mol. The number of aryl methyl sites for hydroxylation is 1. The molecule has 15 heavy (non-hydrogen) atoms. The molecule has 1 heterocycles. The summed E-state index contributed by atoms with van der Waals surface area (Å²) in [6.45, 7) is 0. The van der Waals surface area contributed by atoms with Crippen molar-refractivity contribution in [2.45, 2.75) is 42.1 Å². The lowest BCUT2D eigenvalue weighted by atomic mass is 9.95. The van der Waals surface area contributed by atoms with Gasteiger partial charge in [0.05, 0.1) is 0 Å². The largest absolute Gasteiger partial charge is 0.329 e. The standard InChI is InChI=1S/C11H19N3S/c1-12-9-4-3-5-10(8-9)15-11-13-6-7-14(11)2/h6-7,9-10,12H,3-5,8H2,1-2H3. The molecule has 1 aliphatic rings. The maximum atomic E-state index is 4.37. The van der Waals surface area contributed by atoms with Gasteiger partial charge in [-0.2, -0.15) is 0 Å². The fraction of sp³-hybridized carbons (Fsp3) is 0.727. The third-order valence-electron chi connectivity index (χ3n) is 3.08. The second-order valence-corrected chi connectivity index (χ2v) is 5.48. The molecule has 3 nitrogen and oxygen atoms in total. The fourth-order valence-electron chi connectivity index (χ4n) is 2.13. The van der Waals surface area contributed by atoms with Gasteiger partial charge >= 0.3 is 0 Å². The van der Waals surface area contributed by atoms with E-state index in [1.807, 2.05) is 24.2 Å². The van der Waals surface area contributed by atoms with Crippen molar-refractivity contribution >= 4 is 11.8 Å². The number of nitrogens with one attached hydrogen (secondary N) is 1. The minimum absolute atomic E-state index is 0.705. The molecule has 1 saturated carbocycles. The zero-order chi connectivity index (χ0) is 10.7. The smallest absolute Gasteiger partial charge is 0.167 e. The third kappa shape index (κ3) is 2.75. The Morgan fingerprint density at radius 1 is 1.53 bits per heavy atom. The van der Waals surface area contributed by atoms with Crippen LogP contribution in [0.25, 0.3) is 0 Å². The van der Waals surface area contributed by atoms with Crippen LogP contribution in [0.5, 0.6) is 0 Å². The van der Waals surface area contributed by atoms with Crippen LogP contribution in [0.2, 0.25) is 0 Å². The van der Waals surface area contributed by atoms with Gasteiger partial charge < -0.3 is 9.88 Å². The van der Waals surface area contributed by atoms with E-state index in [0.717, 1.165) is 10.4 Å². The zero-order valence-electron chi connectivity index (χ0n) is 9.44. The van der Waals surface area contributed by atoms with E-state index in [-0.39, 0.29) is 0 Å². The highest BCUT2D eigenvalue weighted by Crippen LogP contribution is 2.32. The second-order valence-electron chi connectivity index (χ2n) is 4.21. The van der Waals surface area contributed by atoms with Crippen molar-refractivity contribution in [1.82, 2.24) is 14.9 Å². The highest BCUT2D eigenvalue weighted by molar-refractivity contribution is 7.99. The van der Waals surface area contributed by atoms with Gasteiger partial charge in [-0.3, -0.25) is 0 Å². The predicted octanol–water partition coefficient (Wildman–Crippen LogP) is 2.04. The van der Waals surface area contributed by atoms with E-state index in [1.54, 1.807) is 0 Å². The monoisotopic (exact) mass is 225 g/mol. The Bertz CT molecular complexity index is 311. The van der Waals surface area contributed by atoms with Crippen LogP contribution in [0.15, 0.2) is 17.6 Å². The summed E-state index contributed by atoms with van der Waals surface area (Å²) in [5.74, 6) is 0. The molecule has 1 fully saturated rings. The topological polar surface area (TPSA) is 29.9 Å². The molecule has 0 aliphatic heterocycles. The van der Waals surface area contributed by atoms with Crippen molar-refractivity contribution in [3.05, 3.63) is 12.4 Å². The summed E-state index contributed by atoms with van der Waals surface area (Å²) in [4.78, 5) is 4.37. The first-order chi connectivity index (χ1) is 7.29. The van der Waals surface area contributed by atoms with Gasteiger partial charge in [0.15, 0.2) is 5.16 Å². The van der Waals surface area contributed by atoms with Crippen LogP contribution in [-0.4, -0.2) is 27.9 Å². The molecule has 2 atom stereocenters. The molecule has 2 unspecified atom stereocenters. The van der Waals surface area contributed by atoms with Crippen LogP contribution in [0.3, 0.4) is 0 Å². The minimum atomic E-state index is 0.705. The molecule has 0 aromatic carbocycles. The molecular weight excluding hydrogens is 206 g/mol. The summed E-state index contributed by atoms with van der Waals surface area (Å²) in [6.07, 6.45) is 9.16. The van der Waals surface area contributed by atoms with Crippen molar-refractivity contribution in [2.75, 3.05) is 7.05 Å². The maximum Gasteiger partial charge on any atom is 0.167 e. The van der Waals surface area contributed by atoms with E-state index < -0.39 is 0 Å². The quantitative estimate of drug-likeness (QED) is 0.854. The molecule has 2 rings (SSSR count). The van der Waals surface area contributed by atoms with Gasteiger partial charge in [-0.1, -0.05) is 18.2 Å². The lowest BCUT2D eigenvalue weighted by Crippen LogP contribution is -2.32. The highest BCUT2D eigenvalue weighted by Gasteiger charge is 2.22. The van der Waals surface area contributed by atoms with Crippen LogP contribution in [-0.2, 0) is 7.05 Å². The Kier molecular flexibility index (Phi) is 3.70. The first-order valence-corrected chi connectivity index (χ1v) is 6.49. The van der Waals surface area contributed by atoms with Gasteiger partial charge in [0.25, 0.3) is 0 Å². The van der Waals surface area contributed by atoms with Crippen molar-refractivity contribution in [2.24, 2.45) is 7.05 Å². The zero-order valence-corrected chi connectivity index (χ0v) is 10.3. The van der Waals surface area contributed by atoms with Crippen LogP contribution >= 0.6 is 11.8 Å². The fourth-order valence-corrected chi connectivity index (χ4v) is 3.39. The Morgan fingerprint density at radius 3 is 3.07 bits per heavy atom. The van der Waals surface area contributed by atoms with Gasteiger partial charge in [0.1, 0.15) is 0 Å². The van der Waals surface area contributed by atoms with Gasteiger partial charge in [-0.15, -0.1) is 0 Å². The first kappa shape index (κ1) is 11.0. The van der Waals surface area contributed by atoms with Gasteiger partial charge in [-0.05, 0) is 26.3 Å². The van der Waals surface area contributed by atoms with E-state index in [9.17, 15) is 0 Å². The summed E-state index contributed by atoms with van der Waals surface area (Å²) in [6, 6.07) is 0.705. The van der Waals surface area contributed by atoms with Gasteiger partial charge in [-0.25, -0.2) is 4.98 Å². The van der Waals surface area contributed by atoms with Gasteiger partial charge in [0, 0.05) is 30.7 Å². The number of thioether (sulfide) groups is 1. The van der Waals surface area contributed by atoms with E-state index >= 15 is 0 Å². The normalized spacial score (nSPS) is 26.8. The second kappa shape index (κ2) is 5.03. The van der Waals surface area contributed by atoms with Gasteiger partial charge in [0.2, 0.25) is 0 Å². The molecule has 0 bridgehead atoms. The molecule has 0 spiro atoms. The number of imidazole rings is 1. The molecule has 0 saturated heterocycles. The number of hydrogen-bond acceptors (Lipinski definition) is 3. The number of nitrogens with zero attached hydrogens (tertiary/aromatic N) is 2. The lowest BCUT2D eigenvalue weighted by molar-refractivity contribution is 0.402. The molecule has 1 aromatic heterocycles. The molecule has 0 radical (unpaired) electrons. The lowest BCUT2D eigenvalue weighted by Gasteiger charge is -2.28. The van der Waals surface area contributed by atoms with E-state index in [4.69, 9.17) is 0 Å². The maximum absolute atomic E-state index is 4.37. The Morgan fingerprint density at radius 2 is 2.40 bits per heavy atom. The average Bonchev–Trinajstić information content (AvgIpc) is 2.65. The van der Waals surface area contributed by atoms with Crippen molar-refractivity contribution in [3.8, 4) is 0 Å². The number of rotatable bonds is 3. The highest BCUT2D eigenvalue weighted by atomic mass is 32.2. The van der Waals surface area contributed by atoms with E-state index in [2.05, 4.69) is 29.0 Å². The summed E-state index contributed by atoms with van der Waals surface area (Å²) < 4.78 is 2.10. The molecule has 1 N–H and O–H groups in total. The molecule has 0 amide bonds. The summed E-state index contributed by atoms with van der Waals surface area (Å²) in [5.41, 5.74) is 0. The molecule has 4 heteroatoms. The Balaban J connectivity index is 1.92. The van der Waals surface area contributed by atoms with E-state index in [0.29, 0.717) is 6.04 Å². The first-order valence-electron chi connectivity index (χ1n) is 5.61. The Hall–Kier alpha value is -0.480. The number of hydrogen-bond donors (Lipinski definition) is 1. The molecular formula is C11H19N3S. The summed E-state index contributed by atoms with van der Waals surface area (Å²) in [5, 5.41) is 5.27.